The zero-order chi connectivity index (χ0) is 13.4. The van der Waals surface area contributed by atoms with Gasteiger partial charge in [-0.3, -0.25) is 4.79 Å². The third-order valence-electron chi connectivity index (χ3n) is 4.05. The van der Waals surface area contributed by atoms with Gasteiger partial charge in [-0.25, -0.2) is 0 Å². The molecule has 3 rings (SSSR count). The Bertz CT molecular complexity index is 481. The number of rotatable bonds is 5. The minimum atomic E-state index is -0.0621. The van der Waals surface area contributed by atoms with E-state index in [1.165, 1.54) is 25.7 Å². The van der Waals surface area contributed by atoms with Crippen molar-refractivity contribution in [3.05, 3.63) is 23.8 Å². The highest BCUT2D eigenvalue weighted by atomic mass is 16.5. The fourth-order valence-corrected chi connectivity index (χ4v) is 2.72. The number of nitrogens with two attached hydrogens (primary N) is 1. The van der Waals surface area contributed by atoms with Crippen molar-refractivity contribution in [1.82, 2.24) is 5.32 Å². The molecule has 1 aromatic carbocycles. The van der Waals surface area contributed by atoms with Gasteiger partial charge in [0, 0.05) is 6.04 Å². The minimum absolute atomic E-state index is 0.0621. The molecule has 102 valence electrons. The van der Waals surface area contributed by atoms with Crippen LogP contribution in [0.25, 0.3) is 0 Å². The number of benzene rings is 1. The Balaban J connectivity index is 1.77. The van der Waals surface area contributed by atoms with Crippen LogP contribution < -0.4 is 15.8 Å². The van der Waals surface area contributed by atoms with Crippen LogP contribution in [-0.2, 0) is 0 Å². The molecule has 0 aliphatic heterocycles. The molecule has 1 aromatic rings. The molecule has 2 saturated carbocycles. The van der Waals surface area contributed by atoms with Crippen LogP contribution in [0.1, 0.15) is 36.0 Å². The number of nitrogens with one attached hydrogen (secondary N) is 1. The van der Waals surface area contributed by atoms with Crippen molar-refractivity contribution in [1.29, 1.82) is 0 Å². The average Bonchev–Trinajstić information content (AvgIpc) is 3.28. The number of hydrogen-bond acceptors (Lipinski definition) is 3. The molecule has 2 fully saturated rings. The molecule has 0 bridgehead atoms. The first-order chi connectivity index (χ1) is 9.20. The summed E-state index contributed by atoms with van der Waals surface area (Å²) in [6, 6.07) is 5.64. The van der Waals surface area contributed by atoms with E-state index in [1.807, 2.05) is 0 Å². The lowest BCUT2D eigenvalue weighted by Crippen LogP contribution is -2.38. The van der Waals surface area contributed by atoms with Crippen molar-refractivity contribution >= 4 is 11.6 Å². The third-order valence-corrected chi connectivity index (χ3v) is 4.05. The van der Waals surface area contributed by atoms with E-state index in [0.29, 0.717) is 34.9 Å². The standard InChI is InChI=1S/C15H20N2O2/c1-19-14-11(3-2-4-12(14)16)15(18)17-13(9-5-6-9)10-7-8-10/h2-4,9-10,13H,5-8,16H2,1H3,(H,17,18). The molecule has 3 N–H and O–H groups in total. The lowest BCUT2D eigenvalue weighted by Gasteiger charge is -2.19. The summed E-state index contributed by atoms with van der Waals surface area (Å²) in [5.41, 5.74) is 6.88. The Hall–Kier alpha value is -1.71. The molecule has 2 aliphatic rings. The van der Waals surface area contributed by atoms with Crippen molar-refractivity contribution in [3.8, 4) is 5.75 Å². The molecule has 0 aromatic heterocycles. The summed E-state index contributed by atoms with van der Waals surface area (Å²) < 4.78 is 5.25. The lowest BCUT2D eigenvalue weighted by molar-refractivity contribution is 0.0923. The van der Waals surface area contributed by atoms with Gasteiger partial charge in [0.05, 0.1) is 18.4 Å². The molecule has 4 heteroatoms. The zero-order valence-electron chi connectivity index (χ0n) is 11.2. The highest BCUT2D eigenvalue weighted by molar-refractivity contribution is 5.98. The predicted octanol–water partition coefficient (Wildman–Crippen LogP) is 2.20. The number of nitrogen functional groups attached to an aromatic ring is 1. The Morgan fingerprint density at radius 1 is 1.32 bits per heavy atom. The molecular formula is C15H20N2O2. The molecule has 0 spiro atoms. The van der Waals surface area contributed by atoms with E-state index < -0.39 is 0 Å². The maximum atomic E-state index is 12.4. The molecule has 0 atom stereocenters. The topological polar surface area (TPSA) is 64.3 Å². The maximum absolute atomic E-state index is 12.4. The van der Waals surface area contributed by atoms with E-state index in [9.17, 15) is 4.79 Å². The van der Waals surface area contributed by atoms with Crippen LogP contribution in [0.2, 0.25) is 0 Å². The van der Waals surface area contributed by atoms with Crippen LogP contribution >= 0.6 is 0 Å². The predicted molar refractivity (Wildman–Crippen MR) is 74.1 cm³/mol. The Kier molecular flexibility index (Phi) is 3.09. The summed E-state index contributed by atoms with van der Waals surface area (Å²) >= 11 is 0. The molecule has 19 heavy (non-hydrogen) atoms. The summed E-state index contributed by atoms with van der Waals surface area (Å²) in [4.78, 5) is 12.4. The van der Waals surface area contributed by atoms with Gasteiger partial charge >= 0.3 is 0 Å². The number of anilines is 1. The number of carbonyl (C=O) groups is 1. The van der Waals surface area contributed by atoms with Crippen molar-refractivity contribution in [2.45, 2.75) is 31.7 Å². The second-order valence-corrected chi connectivity index (χ2v) is 5.60. The van der Waals surface area contributed by atoms with E-state index >= 15 is 0 Å². The minimum Gasteiger partial charge on any atom is -0.494 e. The van der Waals surface area contributed by atoms with Crippen LogP contribution in [0.4, 0.5) is 5.69 Å². The summed E-state index contributed by atoms with van der Waals surface area (Å²) in [5.74, 6) is 1.78. The molecule has 1 amide bonds. The monoisotopic (exact) mass is 260 g/mol. The second-order valence-electron chi connectivity index (χ2n) is 5.60. The van der Waals surface area contributed by atoms with Crippen LogP contribution in [0, 0.1) is 11.8 Å². The van der Waals surface area contributed by atoms with Crippen LogP contribution in [0.5, 0.6) is 5.75 Å². The number of ether oxygens (including phenoxy) is 1. The summed E-state index contributed by atoms with van der Waals surface area (Å²) in [6.07, 6.45) is 4.98. The van der Waals surface area contributed by atoms with Crippen molar-refractivity contribution in [2.75, 3.05) is 12.8 Å². The molecule has 0 heterocycles. The molecule has 0 saturated heterocycles. The lowest BCUT2D eigenvalue weighted by atomic mass is 10.1. The van der Waals surface area contributed by atoms with Crippen molar-refractivity contribution < 1.29 is 9.53 Å². The fraction of sp³-hybridized carbons (Fsp3) is 0.533. The normalized spacial score (nSPS) is 18.4. The van der Waals surface area contributed by atoms with Crippen LogP contribution in [0.3, 0.4) is 0 Å². The number of para-hydroxylation sites is 1. The van der Waals surface area contributed by atoms with Gasteiger partial charge in [-0.2, -0.15) is 0 Å². The van der Waals surface area contributed by atoms with Crippen LogP contribution in [-0.4, -0.2) is 19.1 Å². The highest BCUT2D eigenvalue weighted by Crippen LogP contribution is 2.44. The van der Waals surface area contributed by atoms with Crippen molar-refractivity contribution in [2.24, 2.45) is 11.8 Å². The SMILES string of the molecule is COc1c(N)cccc1C(=O)NC(C1CC1)C1CC1. The molecule has 2 aliphatic carbocycles. The zero-order valence-corrected chi connectivity index (χ0v) is 11.2. The van der Waals surface area contributed by atoms with Gasteiger partial charge < -0.3 is 15.8 Å². The summed E-state index contributed by atoms with van der Waals surface area (Å²) in [5, 5.41) is 3.18. The number of carbonyl (C=O) groups excluding carboxylic acids is 1. The first-order valence-corrected chi connectivity index (χ1v) is 6.94. The first kappa shape index (κ1) is 12.3. The Labute approximate surface area is 113 Å². The van der Waals surface area contributed by atoms with Gasteiger partial charge in [-0.1, -0.05) is 6.07 Å². The molecular weight excluding hydrogens is 240 g/mol. The van der Waals surface area contributed by atoms with E-state index in [0.717, 1.165) is 0 Å². The van der Waals surface area contributed by atoms with Gasteiger partial charge in [0.2, 0.25) is 0 Å². The summed E-state index contributed by atoms with van der Waals surface area (Å²) in [7, 11) is 1.54. The van der Waals surface area contributed by atoms with Gasteiger partial charge in [0.15, 0.2) is 5.75 Å². The molecule has 4 nitrogen and oxygen atoms in total. The fourth-order valence-electron chi connectivity index (χ4n) is 2.72. The quantitative estimate of drug-likeness (QED) is 0.798. The third kappa shape index (κ3) is 2.53. The highest BCUT2D eigenvalue weighted by Gasteiger charge is 2.42. The second kappa shape index (κ2) is 4.76. The van der Waals surface area contributed by atoms with Gasteiger partial charge in [0.1, 0.15) is 0 Å². The number of amides is 1. The van der Waals surface area contributed by atoms with Crippen LogP contribution in [0.15, 0.2) is 18.2 Å². The largest absolute Gasteiger partial charge is 0.494 e. The average molecular weight is 260 g/mol. The Morgan fingerprint density at radius 2 is 1.95 bits per heavy atom. The van der Waals surface area contributed by atoms with Gasteiger partial charge in [-0.15, -0.1) is 0 Å². The Morgan fingerprint density at radius 3 is 2.47 bits per heavy atom. The molecule has 0 unspecified atom stereocenters. The van der Waals surface area contributed by atoms with Gasteiger partial charge in [0.25, 0.3) is 5.91 Å². The summed E-state index contributed by atoms with van der Waals surface area (Å²) in [6.45, 7) is 0. The van der Waals surface area contributed by atoms with Gasteiger partial charge in [-0.05, 0) is 49.7 Å². The first-order valence-electron chi connectivity index (χ1n) is 6.94. The number of hydrogen-bond donors (Lipinski definition) is 2. The molecule has 0 radical (unpaired) electrons. The maximum Gasteiger partial charge on any atom is 0.255 e. The smallest absolute Gasteiger partial charge is 0.255 e. The van der Waals surface area contributed by atoms with E-state index in [2.05, 4.69) is 5.32 Å². The van der Waals surface area contributed by atoms with Crippen molar-refractivity contribution in [3.63, 3.8) is 0 Å². The number of methoxy groups -OCH3 is 1. The van der Waals surface area contributed by atoms with E-state index in [4.69, 9.17) is 10.5 Å². The van der Waals surface area contributed by atoms with E-state index in [-0.39, 0.29) is 5.91 Å². The van der Waals surface area contributed by atoms with E-state index in [1.54, 1.807) is 25.3 Å².